The summed E-state index contributed by atoms with van der Waals surface area (Å²) in [4.78, 5) is 15.5. The lowest BCUT2D eigenvalue weighted by molar-refractivity contribution is 0.0999. The average molecular weight is 202 g/mol. The van der Waals surface area contributed by atoms with Crippen LogP contribution in [0.4, 0.5) is 0 Å². The van der Waals surface area contributed by atoms with Crippen molar-refractivity contribution in [1.29, 1.82) is 0 Å². The minimum atomic E-state index is -0.399. The van der Waals surface area contributed by atoms with Crippen LogP contribution in [0.3, 0.4) is 0 Å². The summed E-state index contributed by atoms with van der Waals surface area (Å²) in [7, 11) is 0. The van der Waals surface area contributed by atoms with Crippen molar-refractivity contribution in [2.75, 3.05) is 0 Å². The van der Waals surface area contributed by atoms with Gasteiger partial charge in [0, 0.05) is 6.20 Å². The minimum Gasteiger partial charge on any atom is -0.366 e. The normalized spacial score (nSPS) is 15.9. The number of carbonyl (C=O) groups is 1. The van der Waals surface area contributed by atoms with Crippen molar-refractivity contribution in [2.45, 2.75) is 25.7 Å². The molecule has 0 saturated carbocycles. The fourth-order valence-corrected chi connectivity index (χ4v) is 1.91. The second-order valence-corrected chi connectivity index (χ2v) is 3.74. The summed E-state index contributed by atoms with van der Waals surface area (Å²) in [5, 5.41) is 0. The Kier molecular flexibility index (Phi) is 2.81. The molecule has 78 valence electrons. The summed E-state index contributed by atoms with van der Waals surface area (Å²) in [5.74, 6) is -0.399. The first-order valence-electron chi connectivity index (χ1n) is 5.23. The van der Waals surface area contributed by atoms with E-state index in [4.69, 9.17) is 5.73 Å². The van der Waals surface area contributed by atoms with E-state index < -0.39 is 5.91 Å². The predicted molar refractivity (Wildman–Crippen MR) is 59.2 cm³/mol. The zero-order valence-electron chi connectivity index (χ0n) is 8.57. The molecule has 0 unspecified atom stereocenters. The maximum atomic E-state index is 11.2. The highest BCUT2D eigenvalue weighted by Gasteiger charge is 2.14. The fourth-order valence-electron chi connectivity index (χ4n) is 1.91. The second kappa shape index (κ2) is 4.26. The molecule has 3 heteroatoms. The first-order chi connectivity index (χ1) is 7.29. The molecule has 2 N–H and O–H groups in total. The van der Waals surface area contributed by atoms with Crippen LogP contribution in [0.5, 0.6) is 0 Å². The van der Waals surface area contributed by atoms with Gasteiger partial charge >= 0.3 is 0 Å². The molecule has 1 heterocycles. The molecule has 1 aromatic heterocycles. The maximum absolute atomic E-state index is 11.2. The van der Waals surface area contributed by atoms with Crippen LogP contribution in [-0.4, -0.2) is 10.9 Å². The number of nitrogens with two attached hydrogens (primary N) is 1. The van der Waals surface area contributed by atoms with E-state index in [9.17, 15) is 4.79 Å². The van der Waals surface area contributed by atoms with Crippen LogP contribution < -0.4 is 5.73 Å². The van der Waals surface area contributed by atoms with Gasteiger partial charge in [0.1, 0.15) is 0 Å². The topological polar surface area (TPSA) is 56.0 Å². The molecule has 1 aliphatic carbocycles. The molecule has 1 amide bonds. The fraction of sp³-hybridized carbons (Fsp3) is 0.333. The summed E-state index contributed by atoms with van der Waals surface area (Å²) in [6.07, 6.45) is 8.33. The maximum Gasteiger partial charge on any atom is 0.250 e. The number of hydrogen-bond donors (Lipinski definition) is 1. The van der Waals surface area contributed by atoms with Gasteiger partial charge in [-0.15, -0.1) is 0 Å². The van der Waals surface area contributed by atoms with E-state index >= 15 is 0 Å². The van der Waals surface area contributed by atoms with Crippen molar-refractivity contribution < 1.29 is 4.79 Å². The van der Waals surface area contributed by atoms with E-state index in [0.717, 1.165) is 24.1 Å². The summed E-state index contributed by atoms with van der Waals surface area (Å²) >= 11 is 0. The molecular formula is C12H14N2O. The number of amides is 1. The van der Waals surface area contributed by atoms with Gasteiger partial charge in [-0.05, 0) is 43.4 Å². The molecule has 0 bridgehead atoms. The van der Waals surface area contributed by atoms with Gasteiger partial charge in [-0.25, -0.2) is 0 Å². The number of pyridine rings is 1. The number of allylic oxidation sites excluding steroid dienone is 2. The van der Waals surface area contributed by atoms with Crippen LogP contribution in [-0.2, 0) is 0 Å². The van der Waals surface area contributed by atoms with Crippen LogP contribution in [0.1, 0.15) is 41.7 Å². The quantitative estimate of drug-likeness (QED) is 0.798. The number of aromatic nitrogens is 1. The van der Waals surface area contributed by atoms with Gasteiger partial charge in [-0.2, -0.15) is 0 Å². The molecule has 3 nitrogen and oxygen atoms in total. The monoisotopic (exact) mass is 202 g/mol. The molecule has 15 heavy (non-hydrogen) atoms. The highest BCUT2D eigenvalue weighted by Crippen LogP contribution is 2.27. The first kappa shape index (κ1) is 9.90. The SMILES string of the molecule is NC(=O)c1cccnc1C1=CCCCC1. The predicted octanol–water partition coefficient (Wildman–Crippen LogP) is 2.14. The molecule has 0 radical (unpaired) electrons. The van der Waals surface area contributed by atoms with E-state index in [2.05, 4.69) is 11.1 Å². The van der Waals surface area contributed by atoms with E-state index in [1.165, 1.54) is 12.8 Å². The third-order valence-corrected chi connectivity index (χ3v) is 2.67. The van der Waals surface area contributed by atoms with Crippen molar-refractivity contribution in [3.63, 3.8) is 0 Å². The molecular weight excluding hydrogens is 188 g/mol. The number of nitrogens with zero attached hydrogens (tertiary/aromatic N) is 1. The lowest BCUT2D eigenvalue weighted by atomic mass is 9.94. The van der Waals surface area contributed by atoms with Gasteiger partial charge in [0.2, 0.25) is 0 Å². The lowest BCUT2D eigenvalue weighted by Crippen LogP contribution is -2.14. The molecule has 0 atom stereocenters. The van der Waals surface area contributed by atoms with Crippen molar-refractivity contribution >= 4 is 11.5 Å². The zero-order chi connectivity index (χ0) is 10.7. The standard InChI is InChI=1S/C12H14N2O/c13-12(15)10-7-4-8-14-11(10)9-5-2-1-3-6-9/h4-5,7-8H,1-3,6H2,(H2,13,15). The Hall–Kier alpha value is -1.64. The number of primary amides is 1. The van der Waals surface area contributed by atoms with Crippen LogP contribution in [0.2, 0.25) is 0 Å². The van der Waals surface area contributed by atoms with Gasteiger partial charge in [0.15, 0.2) is 0 Å². The molecule has 0 saturated heterocycles. The summed E-state index contributed by atoms with van der Waals surface area (Å²) in [6, 6.07) is 3.48. The zero-order valence-corrected chi connectivity index (χ0v) is 8.57. The van der Waals surface area contributed by atoms with Gasteiger partial charge in [-0.1, -0.05) is 6.08 Å². The Morgan fingerprint density at radius 1 is 1.40 bits per heavy atom. The van der Waals surface area contributed by atoms with Crippen molar-refractivity contribution in [2.24, 2.45) is 5.73 Å². The number of rotatable bonds is 2. The largest absolute Gasteiger partial charge is 0.366 e. The third-order valence-electron chi connectivity index (χ3n) is 2.67. The highest BCUT2D eigenvalue weighted by molar-refractivity contribution is 5.97. The van der Waals surface area contributed by atoms with Crippen LogP contribution in [0.15, 0.2) is 24.4 Å². The van der Waals surface area contributed by atoms with Crippen LogP contribution in [0, 0.1) is 0 Å². The summed E-state index contributed by atoms with van der Waals surface area (Å²) in [6.45, 7) is 0. The summed E-state index contributed by atoms with van der Waals surface area (Å²) < 4.78 is 0. The van der Waals surface area contributed by atoms with Gasteiger partial charge in [-0.3, -0.25) is 9.78 Å². The van der Waals surface area contributed by atoms with E-state index in [1.807, 2.05) is 0 Å². The third kappa shape index (κ3) is 2.06. The Balaban J connectivity index is 2.42. The summed E-state index contributed by atoms with van der Waals surface area (Å²) in [5.41, 5.74) is 7.78. The molecule has 0 aliphatic heterocycles. The molecule has 0 aromatic carbocycles. The lowest BCUT2D eigenvalue weighted by Gasteiger charge is -2.13. The minimum absolute atomic E-state index is 0.399. The Morgan fingerprint density at radius 3 is 2.93 bits per heavy atom. The average Bonchev–Trinajstić information content (AvgIpc) is 2.30. The molecule has 0 fully saturated rings. The Morgan fingerprint density at radius 2 is 2.27 bits per heavy atom. The van der Waals surface area contributed by atoms with Gasteiger partial charge in [0.05, 0.1) is 11.3 Å². The van der Waals surface area contributed by atoms with E-state index in [0.29, 0.717) is 5.56 Å². The Labute approximate surface area is 89.0 Å². The highest BCUT2D eigenvalue weighted by atomic mass is 16.1. The van der Waals surface area contributed by atoms with Crippen molar-refractivity contribution in [3.8, 4) is 0 Å². The second-order valence-electron chi connectivity index (χ2n) is 3.74. The molecule has 0 spiro atoms. The number of hydrogen-bond acceptors (Lipinski definition) is 2. The molecule has 2 rings (SSSR count). The Bertz CT molecular complexity index is 410. The van der Waals surface area contributed by atoms with Gasteiger partial charge in [0.25, 0.3) is 5.91 Å². The van der Waals surface area contributed by atoms with E-state index in [1.54, 1.807) is 18.3 Å². The smallest absolute Gasteiger partial charge is 0.250 e. The van der Waals surface area contributed by atoms with Crippen LogP contribution in [0.25, 0.3) is 5.57 Å². The van der Waals surface area contributed by atoms with E-state index in [-0.39, 0.29) is 0 Å². The molecule has 1 aromatic rings. The first-order valence-corrected chi connectivity index (χ1v) is 5.23. The number of carbonyl (C=O) groups excluding carboxylic acids is 1. The van der Waals surface area contributed by atoms with Crippen molar-refractivity contribution in [1.82, 2.24) is 4.98 Å². The van der Waals surface area contributed by atoms with Crippen LogP contribution >= 0.6 is 0 Å². The van der Waals surface area contributed by atoms with Crippen molar-refractivity contribution in [3.05, 3.63) is 35.7 Å². The van der Waals surface area contributed by atoms with Gasteiger partial charge < -0.3 is 5.73 Å². The molecule has 1 aliphatic rings.